The summed E-state index contributed by atoms with van der Waals surface area (Å²) >= 11 is 0. The van der Waals surface area contributed by atoms with Gasteiger partial charge < -0.3 is 0 Å². The lowest BCUT2D eigenvalue weighted by Gasteiger charge is -2.17. The van der Waals surface area contributed by atoms with Crippen LogP contribution in [0.2, 0.25) is 0 Å². The predicted molar refractivity (Wildman–Crippen MR) is 615 cm³/mol. The Morgan fingerprint density at radius 2 is 0.517 bits per heavy atom. The quantitative estimate of drug-likeness (QED) is 0.0816. The van der Waals surface area contributed by atoms with Gasteiger partial charge in [-0.3, -0.25) is 0 Å². The van der Waals surface area contributed by atoms with Crippen molar-refractivity contribution >= 4 is 21.7 Å². The first-order chi connectivity index (χ1) is 68.0. The van der Waals surface area contributed by atoms with E-state index in [4.69, 9.17) is 0 Å². The number of para-hydroxylation sites is 1. The molecule has 0 saturated heterocycles. The summed E-state index contributed by atoms with van der Waals surface area (Å²) in [6, 6.07) is 78.5. The van der Waals surface area contributed by atoms with Crippen LogP contribution in [0.4, 0.5) is 8.78 Å². The highest BCUT2D eigenvalue weighted by Crippen LogP contribution is 2.21. The maximum absolute atomic E-state index is 12.8. The van der Waals surface area contributed by atoms with Crippen LogP contribution in [0.5, 0.6) is 0 Å². The number of aryl methyl sites for hydroxylation is 11. The van der Waals surface area contributed by atoms with Crippen LogP contribution in [0.3, 0.4) is 0 Å². The van der Waals surface area contributed by atoms with Gasteiger partial charge in [-0.15, -0.1) is 13.3 Å². The number of hydrogen-bond acceptors (Lipinski definition) is 0. The molecule has 0 atom stereocenters. The van der Waals surface area contributed by atoms with E-state index in [0.29, 0.717) is 72.5 Å². The van der Waals surface area contributed by atoms with E-state index in [1.54, 1.807) is 13.8 Å². The summed E-state index contributed by atoms with van der Waals surface area (Å²) in [6.07, 6.45) is 36.1. The van der Waals surface area contributed by atoms with E-state index >= 15 is 0 Å². The molecule has 147 heavy (non-hydrogen) atoms. The van der Waals surface area contributed by atoms with Crippen molar-refractivity contribution in [2.24, 2.45) is 0 Å². The van der Waals surface area contributed by atoms with Gasteiger partial charge in [-0.2, -0.15) is 13.7 Å². The Bertz CT molecular complexity index is 5860. The van der Waals surface area contributed by atoms with E-state index in [0.717, 1.165) is 4.57 Å². The molecule has 0 saturated carbocycles. The van der Waals surface area contributed by atoms with Crippen LogP contribution >= 0.6 is 0 Å². The van der Waals surface area contributed by atoms with Crippen LogP contribution in [0.1, 0.15) is 378 Å². The van der Waals surface area contributed by atoms with Crippen molar-refractivity contribution in [3.05, 3.63) is 414 Å². The Morgan fingerprint density at radius 1 is 0.211 bits per heavy atom. The average molecular weight is 2010 g/mol. The molecule has 13 heterocycles. The Labute approximate surface area is 894 Å². The van der Waals surface area contributed by atoms with Crippen LogP contribution in [0, 0.1) is 109 Å². The van der Waals surface area contributed by atoms with Crippen molar-refractivity contribution in [1.29, 1.82) is 0 Å². The number of hydrogen-bond donors (Lipinski definition) is 0. The minimum absolute atomic E-state index is 0. The molecular formula is C132H202F2N13+13. The molecule has 0 aliphatic rings. The summed E-state index contributed by atoms with van der Waals surface area (Å²) in [6.45, 7) is 92.8. The highest BCUT2D eigenvalue weighted by Gasteiger charge is 2.22. The number of fused-ring (bicyclic) bond motifs is 2. The molecule has 0 amide bonds. The van der Waals surface area contributed by atoms with E-state index in [-0.39, 0.29) is 26.3 Å². The van der Waals surface area contributed by atoms with E-state index in [2.05, 4.69) is 620 Å². The third-order valence-corrected chi connectivity index (χ3v) is 24.9. The summed E-state index contributed by atoms with van der Waals surface area (Å²) in [4.78, 5) is 0. The van der Waals surface area contributed by atoms with Crippen LogP contribution in [0.15, 0.2) is 318 Å². The fourth-order valence-corrected chi connectivity index (χ4v) is 15.8. The zero-order valence-electron chi connectivity index (χ0n) is 98.1. The minimum atomic E-state index is -0.542. The van der Waals surface area contributed by atoms with Gasteiger partial charge in [0.15, 0.2) is 218 Å². The monoisotopic (exact) mass is 2010 g/mol. The molecule has 0 bridgehead atoms. The van der Waals surface area contributed by atoms with Crippen molar-refractivity contribution in [3.63, 3.8) is 0 Å². The van der Waals surface area contributed by atoms with Crippen molar-refractivity contribution < 1.29 is 68.2 Å². The van der Waals surface area contributed by atoms with Gasteiger partial charge in [-0.1, -0.05) is 72.0 Å². The Hall–Kier alpha value is -12.2. The molecule has 0 aliphatic carbocycles. The fraction of sp³-hybridized carbons (Fsp3) is 0.447. The molecule has 0 unspecified atom stereocenters. The normalized spacial score (nSPS) is 10.6. The molecule has 15 heteroatoms. The molecule has 15 aromatic rings. The van der Waals surface area contributed by atoms with Crippen LogP contribution in [0.25, 0.3) is 21.7 Å². The van der Waals surface area contributed by atoms with Gasteiger partial charge in [0, 0.05) is 203 Å². The van der Waals surface area contributed by atoms with Crippen LogP contribution < -0.4 is 59.4 Å². The van der Waals surface area contributed by atoms with Crippen molar-refractivity contribution in [1.82, 2.24) is 0 Å². The van der Waals surface area contributed by atoms with E-state index in [1.165, 1.54) is 124 Å². The highest BCUT2D eigenvalue weighted by atomic mass is 19.1. The smallest absolute Gasteiger partial charge is 0.203 e. The molecule has 0 fully saturated rings. The Morgan fingerprint density at radius 3 is 0.850 bits per heavy atom. The van der Waals surface area contributed by atoms with E-state index < -0.39 is 11.9 Å². The lowest BCUT2D eigenvalue weighted by molar-refractivity contribution is -0.766. The number of aromatic nitrogens is 13. The summed E-state index contributed by atoms with van der Waals surface area (Å²) in [7, 11) is 0. The zero-order valence-corrected chi connectivity index (χ0v) is 98.1. The van der Waals surface area contributed by atoms with Gasteiger partial charge in [0.25, 0.3) is 0 Å². The number of benzene rings is 2. The van der Waals surface area contributed by atoms with E-state index in [1.807, 2.05) is 18.2 Å². The van der Waals surface area contributed by atoms with Crippen molar-refractivity contribution in [3.8, 4) is 0 Å². The molecule has 13 nitrogen and oxygen atoms in total. The fourth-order valence-electron chi connectivity index (χ4n) is 15.8. The van der Waals surface area contributed by atoms with Gasteiger partial charge in [0.05, 0.1) is 0 Å². The van der Waals surface area contributed by atoms with Gasteiger partial charge in [-0.25, -0.2) is 41.1 Å². The first-order valence-corrected chi connectivity index (χ1v) is 52.9. The summed E-state index contributed by atoms with van der Waals surface area (Å²) in [5, 5.41) is 3.91. The number of nitrogens with zero attached hydrogens (tertiary/aromatic N) is 13. The highest BCUT2D eigenvalue weighted by molar-refractivity contribution is 5.80. The predicted octanol–water partition coefficient (Wildman–Crippen LogP) is 29.7. The van der Waals surface area contributed by atoms with Crippen molar-refractivity contribution in [2.45, 2.75) is 397 Å². The molecule has 796 valence electrons. The molecular weight excluding hydrogens is 1810 g/mol. The minimum Gasteiger partial charge on any atom is -0.203 e. The average Bonchev–Trinajstić information content (AvgIpc) is 0.816. The number of pyridine rings is 13. The van der Waals surface area contributed by atoms with Crippen LogP contribution in [-0.2, 0) is 5.41 Å². The van der Waals surface area contributed by atoms with Gasteiger partial charge in [0.1, 0.15) is 0 Å². The third-order valence-electron chi connectivity index (χ3n) is 24.9. The second kappa shape index (κ2) is 67.6. The summed E-state index contributed by atoms with van der Waals surface area (Å²) < 4.78 is 53.6. The summed E-state index contributed by atoms with van der Waals surface area (Å²) in [5.74, 6) is -1.08. The number of rotatable bonds is 13. The van der Waals surface area contributed by atoms with Crippen LogP contribution in [-0.4, -0.2) is 0 Å². The summed E-state index contributed by atoms with van der Waals surface area (Å²) in [5.41, 5.74) is 21.8. The van der Waals surface area contributed by atoms with E-state index in [9.17, 15) is 8.78 Å². The maximum atomic E-state index is 12.8. The largest absolute Gasteiger partial charge is 0.362 e. The maximum Gasteiger partial charge on any atom is 0.362 e. The Balaban J connectivity index is 0.000000796. The topological polar surface area (TPSA) is 50.4 Å². The number of halogens is 2. The molecule has 0 radical (unpaired) electrons. The second-order valence-electron chi connectivity index (χ2n) is 42.8. The van der Waals surface area contributed by atoms with Gasteiger partial charge in [-0.05, 0) is 322 Å². The Kier molecular flexibility index (Phi) is 61.1. The third kappa shape index (κ3) is 48.1. The van der Waals surface area contributed by atoms with Gasteiger partial charge in [0.2, 0.25) is 5.52 Å². The molecule has 15 rings (SSSR count). The first-order valence-electron chi connectivity index (χ1n) is 52.9. The molecule has 13 aromatic heterocycles. The van der Waals surface area contributed by atoms with Gasteiger partial charge >= 0.3 is 11.9 Å². The zero-order chi connectivity index (χ0) is 109. The molecule has 2 aromatic carbocycles. The second-order valence-corrected chi connectivity index (χ2v) is 42.8. The standard InChI is InChI=1S/2C12H14N.C12H20N.2C11H18N.2C10H16N.4C9H14N.C8H10F2N.C8H12N.2CH4/c1-10(2)13-9-5-7-11-6-3-4-8-12(11)13;1-10(2)13-8-7-11-5-3-4-6-12(11)9-13;1-10(2)13-8-6-11(7-9-13)12(3,4)5;1-8(2)12-10(4)6-9(3)7-11(12)5;1-8(2)12-7-6-9(3)10(4)11(12)5;1-8(2)11-7-5-6-9(3)10(11)4;1-8(2)11-9(3)6-5-7-10(11)4;4*1-8(2)10-6-4-9(3)5-7-10;1-6(2)11-7(9)4-3-5-8(11)10;1-8(2)9-6-4-3-5-7-9;;/h2*3-10H,1-2H3;6-10H,1-5H3;2*6-8H,1-5H3;2*5-8H,1-4H3;4*4-8H,1-3H3;3-6H,1-2H3;3-8H,1-2H3;2*1H4/q13*+1;;. The van der Waals surface area contributed by atoms with Crippen molar-refractivity contribution in [2.75, 3.05) is 0 Å². The lowest BCUT2D eigenvalue weighted by atomic mass is 9.88. The SMILES string of the molecule is C.C.CC(C)[n+]1c(F)cccc1F.CC(C)[n+]1ccc(C(C)(C)C)cc1.CC(C)[n+]1ccc2ccccc2c1.CC(C)[n+]1cccc2ccccc21.CC(C)[n+]1ccccc1.Cc1cc(C)[n+](C(C)C)c(C)c1.Cc1cc[n+](C(C)C)c(C)c1C.Cc1cc[n+](C(C)C)cc1.Cc1cc[n+](C(C)C)cc1.Cc1cc[n+](C(C)C)cc1.Cc1cc[n+](C(C)C)cc1.Cc1ccc[n+](C(C)C)c1C.Cc1cccc(C)[n+]1C(C)C. The molecule has 0 spiro atoms. The molecule has 0 N–H and O–H groups in total. The first kappa shape index (κ1) is 133. The molecule has 0 aliphatic heterocycles. The lowest BCUT2D eigenvalue weighted by Crippen LogP contribution is -2.43.